The Balaban J connectivity index is 1.84. The average Bonchev–Trinajstić information content (AvgIpc) is 3.23. The van der Waals surface area contributed by atoms with Gasteiger partial charge in [0.05, 0.1) is 11.1 Å². The molecule has 0 radical (unpaired) electrons. The predicted molar refractivity (Wildman–Crippen MR) is 69.6 cm³/mol. The van der Waals surface area contributed by atoms with Crippen LogP contribution in [0.5, 0.6) is 0 Å². The van der Waals surface area contributed by atoms with E-state index in [-0.39, 0.29) is 5.56 Å². The minimum atomic E-state index is -1.29. The number of benzene rings is 1. The third kappa shape index (κ3) is 1.76. The summed E-state index contributed by atoms with van der Waals surface area (Å²) in [7, 11) is 0. The molecule has 0 amide bonds. The third-order valence-corrected chi connectivity index (χ3v) is 4.58. The van der Waals surface area contributed by atoms with Crippen molar-refractivity contribution in [3.8, 4) is 0 Å². The number of aromatic carboxylic acids is 1. The minimum absolute atomic E-state index is 0.182. The van der Waals surface area contributed by atoms with E-state index in [1.165, 1.54) is 0 Å². The fraction of sp³-hybridized carbons (Fsp3) is 0.214. The maximum absolute atomic E-state index is 11.1. The van der Waals surface area contributed by atoms with Gasteiger partial charge in [-0.05, 0) is 37.1 Å². The molecule has 6 heteroatoms. The van der Waals surface area contributed by atoms with Gasteiger partial charge in [0.2, 0.25) is 0 Å². The summed E-state index contributed by atoms with van der Waals surface area (Å²) in [6, 6.07) is 4.89. The number of hydrogen-bond acceptors (Lipinski definition) is 5. The van der Waals surface area contributed by atoms with Crippen LogP contribution in [0.3, 0.4) is 0 Å². The van der Waals surface area contributed by atoms with Crippen LogP contribution in [0.15, 0.2) is 45.9 Å². The summed E-state index contributed by atoms with van der Waals surface area (Å²) in [5, 5.41) is 9.10. The van der Waals surface area contributed by atoms with Crippen molar-refractivity contribution >= 4 is 17.7 Å². The monoisotopic (exact) mass is 290 g/mol. The number of ether oxygens (including phenoxy) is 1. The van der Waals surface area contributed by atoms with Gasteiger partial charge < -0.3 is 9.84 Å². The molecule has 0 bridgehead atoms. The first-order valence-corrected chi connectivity index (χ1v) is 7.01. The smallest absolute Gasteiger partial charge is 0.411 e. The molecule has 2 heterocycles. The number of rotatable bonds is 1. The first kappa shape index (κ1) is 12.0. The zero-order valence-corrected chi connectivity index (χ0v) is 11.1. The van der Waals surface area contributed by atoms with Crippen molar-refractivity contribution in [1.29, 1.82) is 0 Å². The lowest BCUT2D eigenvalue weighted by atomic mass is 10.1. The van der Waals surface area contributed by atoms with Gasteiger partial charge in [-0.25, -0.2) is 4.79 Å². The number of fused-ring (bicyclic) bond motifs is 2. The minimum Gasteiger partial charge on any atom is -0.478 e. The first-order valence-electron chi connectivity index (χ1n) is 6.19. The molecule has 20 heavy (non-hydrogen) atoms. The fourth-order valence-corrected chi connectivity index (χ4v) is 3.42. The molecule has 1 aromatic rings. The van der Waals surface area contributed by atoms with Crippen LogP contribution in [-0.2, 0) is 20.5 Å². The lowest BCUT2D eigenvalue weighted by molar-refractivity contribution is -0.00913. The van der Waals surface area contributed by atoms with Gasteiger partial charge in [-0.15, -0.1) is 9.78 Å². The van der Waals surface area contributed by atoms with Crippen LogP contribution in [0.1, 0.15) is 28.8 Å². The fourth-order valence-electron chi connectivity index (χ4n) is 2.30. The van der Waals surface area contributed by atoms with E-state index in [1.807, 2.05) is 12.2 Å². The van der Waals surface area contributed by atoms with Gasteiger partial charge in [-0.1, -0.05) is 17.8 Å². The highest BCUT2D eigenvalue weighted by molar-refractivity contribution is 8.03. The molecule has 1 N–H and O–H groups in total. The molecular formula is C14H10O5S. The van der Waals surface area contributed by atoms with E-state index < -0.39 is 11.9 Å². The highest BCUT2D eigenvalue weighted by Gasteiger charge is 2.58. The second-order valence-corrected chi connectivity index (χ2v) is 5.81. The Hall–Kier alpha value is -1.76. The lowest BCUT2D eigenvalue weighted by Crippen LogP contribution is -2.14. The molecule has 3 aliphatic rings. The average molecular weight is 290 g/mol. The molecule has 0 unspecified atom stereocenters. The molecule has 1 spiro atoms. The number of carbonyl (C=O) groups is 1. The molecule has 0 aromatic heterocycles. The highest BCUT2D eigenvalue weighted by Crippen LogP contribution is 2.53. The highest BCUT2D eigenvalue weighted by atomic mass is 32.2. The molecule has 0 atom stereocenters. The number of hydrogen-bond donors (Lipinski definition) is 1. The molecule has 102 valence electrons. The molecule has 4 rings (SSSR count). The van der Waals surface area contributed by atoms with Gasteiger partial charge in [0.1, 0.15) is 5.76 Å². The Morgan fingerprint density at radius 2 is 2.20 bits per heavy atom. The molecule has 5 nitrogen and oxygen atoms in total. The van der Waals surface area contributed by atoms with E-state index in [9.17, 15) is 4.79 Å². The van der Waals surface area contributed by atoms with Gasteiger partial charge in [0.15, 0.2) is 0 Å². The molecule has 2 aliphatic heterocycles. The van der Waals surface area contributed by atoms with Crippen molar-refractivity contribution in [3.63, 3.8) is 0 Å². The zero-order valence-electron chi connectivity index (χ0n) is 10.3. The first-order chi connectivity index (χ1) is 9.68. The summed E-state index contributed by atoms with van der Waals surface area (Å²) in [6.07, 6.45) is 5.80. The Kier molecular flexibility index (Phi) is 2.47. The Morgan fingerprint density at radius 1 is 1.35 bits per heavy atom. The quantitative estimate of drug-likeness (QED) is 0.633. The number of carboxylic acid groups (broad SMARTS) is 1. The van der Waals surface area contributed by atoms with E-state index in [0.717, 1.165) is 28.4 Å². The standard InChI is InChI=1S/C14H10O5S/c15-13(16)8-5-6-11-9(7-8)14(18-19-14)17-10-3-1-2-4-12(10)20-11/h1,3,5-7H,2,4H2,(H,15,16). The topological polar surface area (TPSA) is 71.6 Å². The molecule has 1 aliphatic carbocycles. The summed E-state index contributed by atoms with van der Waals surface area (Å²) in [5.74, 6) is -1.55. The summed E-state index contributed by atoms with van der Waals surface area (Å²) in [5.41, 5.74) is 0.784. The predicted octanol–water partition coefficient (Wildman–Crippen LogP) is 3.14. The number of carboxylic acids is 1. The van der Waals surface area contributed by atoms with Crippen LogP contribution < -0.4 is 0 Å². The van der Waals surface area contributed by atoms with Gasteiger partial charge in [-0.2, -0.15) is 0 Å². The number of thioether (sulfide) groups is 1. The molecule has 0 saturated carbocycles. The van der Waals surface area contributed by atoms with Crippen LogP contribution in [-0.4, -0.2) is 11.1 Å². The van der Waals surface area contributed by atoms with Crippen molar-refractivity contribution in [3.05, 3.63) is 52.1 Å². The van der Waals surface area contributed by atoms with Crippen LogP contribution >= 0.6 is 11.8 Å². The lowest BCUT2D eigenvalue weighted by Gasteiger charge is -2.13. The second-order valence-electron chi connectivity index (χ2n) is 4.67. The largest absolute Gasteiger partial charge is 0.478 e. The van der Waals surface area contributed by atoms with Crippen LogP contribution in [0.4, 0.5) is 0 Å². The van der Waals surface area contributed by atoms with Gasteiger partial charge in [-0.3, -0.25) is 0 Å². The van der Waals surface area contributed by atoms with E-state index in [4.69, 9.17) is 19.6 Å². The van der Waals surface area contributed by atoms with E-state index >= 15 is 0 Å². The Bertz CT molecular complexity index is 672. The maximum atomic E-state index is 11.1. The molecule has 1 saturated heterocycles. The molecule has 1 aromatic carbocycles. The van der Waals surface area contributed by atoms with E-state index in [0.29, 0.717) is 5.56 Å². The van der Waals surface area contributed by atoms with Crippen LogP contribution in [0.2, 0.25) is 0 Å². The van der Waals surface area contributed by atoms with Crippen LogP contribution in [0.25, 0.3) is 0 Å². The van der Waals surface area contributed by atoms with Crippen molar-refractivity contribution in [2.45, 2.75) is 23.7 Å². The summed E-state index contributed by atoms with van der Waals surface area (Å²) >= 11 is 1.57. The van der Waals surface area contributed by atoms with Crippen molar-refractivity contribution < 1.29 is 24.4 Å². The second kappa shape index (κ2) is 4.12. The summed E-state index contributed by atoms with van der Waals surface area (Å²) in [6.45, 7) is 0. The van der Waals surface area contributed by atoms with Crippen molar-refractivity contribution in [2.24, 2.45) is 0 Å². The van der Waals surface area contributed by atoms with Gasteiger partial charge in [0, 0.05) is 9.80 Å². The Labute approximate surface area is 118 Å². The number of allylic oxidation sites excluding steroid dienone is 3. The third-order valence-electron chi connectivity index (χ3n) is 3.35. The summed E-state index contributed by atoms with van der Waals surface area (Å²) < 4.78 is 5.81. The van der Waals surface area contributed by atoms with Crippen molar-refractivity contribution in [1.82, 2.24) is 0 Å². The maximum Gasteiger partial charge on any atom is 0.411 e. The van der Waals surface area contributed by atoms with Crippen LogP contribution in [0, 0.1) is 0 Å². The van der Waals surface area contributed by atoms with E-state index in [1.54, 1.807) is 30.0 Å². The normalized spacial score (nSPS) is 21.8. The van der Waals surface area contributed by atoms with Gasteiger partial charge in [0.25, 0.3) is 0 Å². The SMILES string of the molecule is O=C(O)c1ccc2c(c1)C1(OO1)OC1=C(CCC=C1)S2. The molecule has 1 fully saturated rings. The Morgan fingerprint density at radius 3 is 2.95 bits per heavy atom. The zero-order chi connectivity index (χ0) is 13.7. The van der Waals surface area contributed by atoms with Crippen molar-refractivity contribution in [2.75, 3.05) is 0 Å². The van der Waals surface area contributed by atoms with E-state index in [2.05, 4.69) is 0 Å². The molecular weight excluding hydrogens is 280 g/mol. The summed E-state index contributed by atoms with van der Waals surface area (Å²) in [4.78, 5) is 23.2. The van der Waals surface area contributed by atoms with Gasteiger partial charge >= 0.3 is 11.9 Å².